The molecule has 0 saturated carbocycles. The Morgan fingerprint density at radius 3 is 3.25 bits per heavy atom. The van der Waals surface area contributed by atoms with Crippen LogP contribution in [-0.4, -0.2) is 28.2 Å². The second-order valence-corrected chi connectivity index (χ2v) is 2.92. The number of hydrogen-bond donors (Lipinski definition) is 1. The molecule has 0 aliphatic heterocycles. The quantitative estimate of drug-likeness (QED) is 0.482. The molecule has 0 aliphatic rings. The van der Waals surface area contributed by atoms with Crippen LogP contribution in [0.2, 0.25) is 0 Å². The molecule has 0 spiro atoms. The SMILES string of the molecule is C=CCOC(=O)Oc1cccc2[nH]nnc12. The fourth-order valence-electron chi connectivity index (χ4n) is 1.17. The van der Waals surface area contributed by atoms with Crippen molar-refractivity contribution in [3.8, 4) is 5.75 Å². The molecule has 1 aromatic heterocycles. The summed E-state index contributed by atoms with van der Waals surface area (Å²) in [6.45, 7) is 3.53. The van der Waals surface area contributed by atoms with Gasteiger partial charge in [-0.25, -0.2) is 4.79 Å². The molecule has 82 valence electrons. The number of hydrogen-bond acceptors (Lipinski definition) is 5. The number of rotatable bonds is 3. The number of H-pyrrole nitrogens is 1. The van der Waals surface area contributed by atoms with E-state index < -0.39 is 6.16 Å². The minimum Gasteiger partial charge on any atom is -0.430 e. The highest BCUT2D eigenvalue weighted by Gasteiger charge is 2.10. The summed E-state index contributed by atoms with van der Waals surface area (Å²) in [6, 6.07) is 5.11. The minimum atomic E-state index is -0.796. The molecule has 16 heavy (non-hydrogen) atoms. The lowest BCUT2D eigenvalue weighted by Crippen LogP contribution is -2.10. The van der Waals surface area contributed by atoms with E-state index in [2.05, 4.69) is 26.7 Å². The molecular weight excluding hydrogens is 210 g/mol. The van der Waals surface area contributed by atoms with E-state index in [1.807, 2.05) is 0 Å². The Morgan fingerprint density at radius 1 is 1.56 bits per heavy atom. The van der Waals surface area contributed by atoms with Crippen molar-refractivity contribution in [2.24, 2.45) is 0 Å². The van der Waals surface area contributed by atoms with Gasteiger partial charge in [-0.3, -0.25) is 5.10 Å². The van der Waals surface area contributed by atoms with E-state index >= 15 is 0 Å². The maximum atomic E-state index is 11.2. The molecule has 0 unspecified atom stereocenters. The molecule has 0 amide bonds. The van der Waals surface area contributed by atoms with Gasteiger partial charge in [-0.2, -0.15) is 0 Å². The molecule has 1 aromatic carbocycles. The summed E-state index contributed by atoms with van der Waals surface area (Å²) in [7, 11) is 0. The van der Waals surface area contributed by atoms with Crippen LogP contribution in [0.3, 0.4) is 0 Å². The Kier molecular flexibility index (Phi) is 2.81. The van der Waals surface area contributed by atoms with Gasteiger partial charge in [0.1, 0.15) is 6.61 Å². The maximum absolute atomic E-state index is 11.2. The largest absolute Gasteiger partial charge is 0.514 e. The summed E-state index contributed by atoms with van der Waals surface area (Å²) < 4.78 is 9.64. The highest BCUT2D eigenvalue weighted by Crippen LogP contribution is 2.21. The second kappa shape index (κ2) is 4.43. The number of carbonyl (C=O) groups is 1. The summed E-state index contributed by atoms with van der Waals surface area (Å²) in [4.78, 5) is 11.2. The van der Waals surface area contributed by atoms with Gasteiger partial charge in [0.2, 0.25) is 0 Å². The van der Waals surface area contributed by atoms with Crippen LogP contribution in [0.4, 0.5) is 4.79 Å². The minimum absolute atomic E-state index is 0.105. The van der Waals surface area contributed by atoms with Crippen molar-refractivity contribution in [2.45, 2.75) is 0 Å². The van der Waals surface area contributed by atoms with E-state index in [4.69, 9.17) is 4.74 Å². The van der Waals surface area contributed by atoms with Crippen molar-refractivity contribution in [3.05, 3.63) is 30.9 Å². The van der Waals surface area contributed by atoms with Crippen molar-refractivity contribution in [2.75, 3.05) is 6.61 Å². The molecule has 0 bridgehead atoms. The molecule has 6 nitrogen and oxygen atoms in total. The van der Waals surface area contributed by atoms with Crippen LogP contribution in [0.5, 0.6) is 5.75 Å². The highest BCUT2D eigenvalue weighted by atomic mass is 16.7. The van der Waals surface area contributed by atoms with Crippen molar-refractivity contribution >= 4 is 17.2 Å². The molecule has 1 heterocycles. The number of nitrogens with one attached hydrogen (secondary N) is 1. The average Bonchev–Trinajstić information content (AvgIpc) is 2.75. The Morgan fingerprint density at radius 2 is 2.44 bits per heavy atom. The second-order valence-electron chi connectivity index (χ2n) is 2.92. The Labute approximate surface area is 90.9 Å². The van der Waals surface area contributed by atoms with Crippen LogP contribution in [-0.2, 0) is 4.74 Å². The summed E-state index contributed by atoms with van der Waals surface area (Å²) in [5, 5.41) is 10.1. The monoisotopic (exact) mass is 219 g/mol. The van der Waals surface area contributed by atoms with Gasteiger partial charge < -0.3 is 9.47 Å². The number of nitrogens with zero attached hydrogens (tertiary/aromatic N) is 2. The van der Waals surface area contributed by atoms with Crippen LogP contribution in [0.25, 0.3) is 11.0 Å². The van der Waals surface area contributed by atoms with E-state index in [9.17, 15) is 4.79 Å². The predicted molar refractivity (Wildman–Crippen MR) is 56.1 cm³/mol. The third-order valence-electron chi connectivity index (χ3n) is 1.83. The molecule has 2 rings (SSSR count). The van der Waals surface area contributed by atoms with Crippen molar-refractivity contribution in [3.63, 3.8) is 0 Å². The first-order valence-corrected chi connectivity index (χ1v) is 4.56. The molecule has 1 N–H and O–H groups in total. The Balaban J connectivity index is 2.17. The lowest BCUT2D eigenvalue weighted by atomic mass is 10.3. The summed E-state index contributed by atoms with van der Waals surface area (Å²) in [5.41, 5.74) is 1.17. The standard InChI is InChI=1S/C10H9N3O3/c1-2-6-15-10(14)16-8-5-3-4-7-9(8)12-13-11-7/h2-5H,1,6H2,(H,11,12,13). The number of aromatic nitrogens is 3. The van der Waals surface area contributed by atoms with E-state index in [1.54, 1.807) is 18.2 Å². The first-order valence-electron chi connectivity index (χ1n) is 4.56. The fourth-order valence-corrected chi connectivity index (χ4v) is 1.17. The molecule has 0 saturated heterocycles. The van der Waals surface area contributed by atoms with Crippen LogP contribution >= 0.6 is 0 Å². The zero-order valence-electron chi connectivity index (χ0n) is 8.34. The Hall–Kier alpha value is -2.37. The van der Waals surface area contributed by atoms with Gasteiger partial charge in [0.25, 0.3) is 0 Å². The van der Waals surface area contributed by atoms with E-state index in [-0.39, 0.29) is 6.61 Å². The van der Waals surface area contributed by atoms with Crippen LogP contribution in [0, 0.1) is 0 Å². The topological polar surface area (TPSA) is 77.1 Å². The zero-order valence-corrected chi connectivity index (χ0v) is 8.34. The summed E-state index contributed by atoms with van der Waals surface area (Å²) in [5.74, 6) is 0.306. The number of benzene rings is 1. The first kappa shape index (κ1) is 10.2. The average molecular weight is 219 g/mol. The molecule has 0 atom stereocenters. The molecule has 2 aromatic rings. The Bertz CT molecular complexity index is 521. The maximum Gasteiger partial charge on any atom is 0.514 e. The zero-order chi connectivity index (χ0) is 11.4. The van der Waals surface area contributed by atoms with Gasteiger partial charge >= 0.3 is 6.16 Å². The smallest absolute Gasteiger partial charge is 0.430 e. The van der Waals surface area contributed by atoms with Gasteiger partial charge in [0, 0.05) is 0 Å². The molecule has 0 fully saturated rings. The van der Waals surface area contributed by atoms with E-state index in [1.165, 1.54) is 6.08 Å². The number of carbonyl (C=O) groups excluding carboxylic acids is 1. The number of fused-ring (bicyclic) bond motifs is 1. The van der Waals surface area contributed by atoms with Crippen molar-refractivity contribution in [1.82, 2.24) is 15.4 Å². The predicted octanol–water partition coefficient (Wildman–Crippen LogP) is 1.66. The van der Waals surface area contributed by atoms with Gasteiger partial charge in [0.05, 0.1) is 5.52 Å². The summed E-state index contributed by atoms with van der Waals surface area (Å²) >= 11 is 0. The first-order chi connectivity index (χ1) is 7.81. The van der Waals surface area contributed by atoms with Gasteiger partial charge in [0.15, 0.2) is 11.3 Å². The van der Waals surface area contributed by atoms with Gasteiger partial charge in [-0.1, -0.05) is 23.9 Å². The van der Waals surface area contributed by atoms with Crippen LogP contribution in [0.15, 0.2) is 30.9 Å². The number of aromatic amines is 1. The number of ether oxygens (including phenoxy) is 2. The fraction of sp³-hybridized carbons (Fsp3) is 0.100. The van der Waals surface area contributed by atoms with Gasteiger partial charge in [-0.05, 0) is 12.1 Å². The van der Waals surface area contributed by atoms with Crippen molar-refractivity contribution in [1.29, 1.82) is 0 Å². The molecular formula is C10H9N3O3. The molecule has 0 radical (unpaired) electrons. The lowest BCUT2D eigenvalue weighted by Gasteiger charge is -2.03. The summed E-state index contributed by atoms with van der Waals surface area (Å²) in [6.07, 6.45) is 0.660. The molecule has 6 heteroatoms. The van der Waals surface area contributed by atoms with Gasteiger partial charge in [-0.15, -0.1) is 5.10 Å². The van der Waals surface area contributed by atoms with E-state index in [0.29, 0.717) is 16.8 Å². The van der Waals surface area contributed by atoms with E-state index in [0.717, 1.165) is 0 Å². The highest BCUT2D eigenvalue weighted by molar-refractivity contribution is 5.82. The third-order valence-corrected chi connectivity index (χ3v) is 1.83. The molecule has 0 aliphatic carbocycles. The van der Waals surface area contributed by atoms with Crippen LogP contribution < -0.4 is 4.74 Å². The van der Waals surface area contributed by atoms with Crippen molar-refractivity contribution < 1.29 is 14.3 Å². The normalized spacial score (nSPS) is 10.0. The lowest BCUT2D eigenvalue weighted by molar-refractivity contribution is 0.110. The van der Waals surface area contributed by atoms with Crippen LogP contribution in [0.1, 0.15) is 0 Å². The third kappa shape index (κ3) is 2.00.